The Hall–Kier alpha value is -2.46. The fraction of sp³-hybridized carbons (Fsp3) is 0.125. The van der Waals surface area contributed by atoms with Crippen LogP contribution in [-0.2, 0) is 6.61 Å². The second-order valence-electron chi connectivity index (χ2n) is 4.50. The zero-order chi connectivity index (χ0) is 13.9. The molecule has 4 heteroatoms. The number of benzene rings is 2. The van der Waals surface area contributed by atoms with Crippen molar-refractivity contribution < 1.29 is 9.84 Å². The van der Waals surface area contributed by atoms with E-state index in [-0.39, 0.29) is 6.61 Å². The summed E-state index contributed by atoms with van der Waals surface area (Å²) in [7, 11) is 0. The molecule has 0 amide bonds. The number of aromatic nitrogens is 2. The average Bonchev–Trinajstić information content (AvgIpc) is 2.51. The molecule has 0 saturated heterocycles. The average molecular weight is 266 g/mol. The van der Waals surface area contributed by atoms with Crippen molar-refractivity contribution in [3.05, 3.63) is 59.8 Å². The molecule has 0 bridgehead atoms. The summed E-state index contributed by atoms with van der Waals surface area (Å²) in [6.07, 6.45) is 0. The summed E-state index contributed by atoms with van der Waals surface area (Å²) in [5.41, 5.74) is 1.59. The van der Waals surface area contributed by atoms with Gasteiger partial charge in [-0.3, -0.25) is 0 Å². The number of hydrogen-bond donors (Lipinski definition) is 1. The van der Waals surface area contributed by atoms with Crippen molar-refractivity contribution in [3.8, 4) is 11.6 Å². The Morgan fingerprint density at radius 1 is 0.950 bits per heavy atom. The molecule has 0 unspecified atom stereocenters. The lowest BCUT2D eigenvalue weighted by molar-refractivity contribution is 0.276. The van der Waals surface area contributed by atoms with Crippen molar-refractivity contribution in [1.29, 1.82) is 0 Å². The Bertz CT molecular complexity index is 756. The third kappa shape index (κ3) is 2.21. The molecule has 4 nitrogen and oxygen atoms in total. The monoisotopic (exact) mass is 266 g/mol. The first kappa shape index (κ1) is 12.6. The van der Waals surface area contributed by atoms with Crippen LogP contribution in [0.25, 0.3) is 10.8 Å². The quantitative estimate of drug-likeness (QED) is 0.790. The largest absolute Gasteiger partial charge is 0.437 e. The Balaban J connectivity index is 2.09. The van der Waals surface area contributed by atoms with Gasteiger partial charge in [-0.05, 0) is 19.1 Å². The minimum absolute atomic E-state index is 0.0760. The molecule has 0 aliphatic carbocycles. The number of ether oxygens (including phenoxy) is 1. The molecule has 0 atom stereocenters. The number of fused-ring (bicyclic) bond motifs is 1. The minimum atomic E-state index is -0.0760. The number of aliphatic hydroxyl groups excluding tert-OH is 1. The smallest absolute Gasteiger partial charge is 0.246 e. The normalized spacial score (nSPS) is 10.7. The van der Waals surface area contributed by atoms with Crippen LogP contribution < -0.4 is 4.74 Å². The molecule has 1 heterocycles. The number of hydrogen-bond acceptors (Lipinski definition) is 4. The summed E-state index contributed by atoms with van der Waals surface area (Å²) in [5, 5.41) is 19.5. The molecule has 3 rings (SSSR count). The van der Waals surface area contributed by atoms with Gasteiger partial charge in [-0.25, -0.2) is 0 Å². The van der Waals surface area contributed by atoms with Crippen molar-refractivity contribution in [2.45, 2.75) is 13.5 Å². The Labute approximate surface area is 116 Å². The van der Waals surface area contributed by atoms with E-state index in [0.717, 1.165) is 22.0 Å². The van der Waals surface area contributed by atoms with E-state index in [4.69, 9.17) is 4.74 Å². The molecule has 1 aromatic heterocycles. The van der Waals surface area contributed by atoms with E-state index in [0.29, 0.717) is 11.6 Å². The summed E-state index contributed by atoms with van der Waals surface area (Å²) in [6, 6.07) is 15.2. The highest BCUT2D eigenvalue weighted by Gasteiger charge is 2.10. The van der Waals surface area contributed by atoms with Crippen LogP contribution in [0.15, 0.2) is 48.5 Å². The number of aliphatic hydroxyl groups is 1. The van der Waals surface area contributed by atoms with Crippen LogP contribution >= 0.6 is 0 Å². The van der Waals surface area contributed by atoms with Gasteiger partial charge in [-0.2, -0.15) is 5.10 Å². The number of rotatable bonds is 3. The van der Waals surface area contributed by atoms with Crippen LogP contribution in [-0.4, -0.2) is 15.3 Å². The topological polar surface area (TPSA) is 55.2 Å². The zero-order valence-electron chi connectivity index (χ0n) is 11.1. The van der Waals surface area contributed by atoms with Gasteiger partial charge in [-0.15, -0.1) is 5.10 Å². The van der Waals surface area contributed by atoms with Crippen molar-refractivity contribution in [1.82, 2.24) is 10.2 Å². The van der Waals surface area contributed by atoms with Gasteiger partial charge in [0.1, 0.15) is 5.75 Å². The predicted octanol–water partition coefficient (Wildman–Crippen LogP) is 3.22. The van der Waals surface area contributed by atoms with Gasteiger partial charge in [0.05, 0.1) is 12.3 Å². The summed E-state index contributed by atoms with van der Waals surface area (Å²) in [6.45, 7) is 1.84. The highest BCUT2D eigenvalue weighted by atomic mass is 16.5. The van der Waals surface area contributed by atoms with Gasteiger partial charge in [-0.1, -0.05) is 36.4 Å². The highest BCUT2D eigenvalue weighted by Crippen LogP contribution is 2.30. The molecule has 20 heavy (non-hydrogen) atoms. The third-order valence-electron chi connectivity index (χ3n) is 3.19. The van der Waals surface area contributed by atoms with E-state index >= 15 is 0 Å². The van der Waals surface area contributed by atoms with Crippen LogP contribution in [0.5, 0.6) is 11.6 Å². The maximum atomic E-state index is 9.34. The fourth-order valence-corrected chi connectivity index (χ4v) is 2.13. The molecule has 0 aliphatic heterocycles. The Morgan fingerprint density at radius 2 is 1.65 bits per heavy atom. The molecule has 1 N–H and O–H groups in total. The van der Waals surface area contributed by atoms with E-state index in [9.17, 15) is 5.11 Å². The van der Waals surface area contributed by atoms with Crippen molar-refractivity contribution in [2.24, 2.45) is 0 Å². The molecule has 2 aromatic carbocycles. The lowest BCUT2D eigenvalue weighted by Crippen LogP contribution is -1.97. The minimum Gasteiger partial charge on any atom is -0.437 e. The van der Waals surface area contributed by atoms with Gasteiger partial charge in [0.25, 0.3) is 0 Å². The highest BCUT2D eigenvalue weighted by molar-refractivity contribution is 5.88. The molecule has 0 saturated carbocycles. The molecule has 0 fully saturated rings. The van der Waals surface area contributed by atoms with E-state index in [1.165, 1.54) is 0 Å². The molecular formula is C16H14N2O2. The van der Waals surface area contributed by atoms with Crippen LogP contribution in [0, 0.1) is 6.92 Å². The summed E-state index contributed by atoms with van der Waals surface area (Å²) < 4.78 is 5.84. The second-order valence-corrected chi connectivity index (χ2v) is 4.50. The SMILES string of the molecule is Cc1nnc(Oc2ccccc2CO)c2ccccc12. The molecule has 0 aliphatic rings. The standard InChI is InChI=1S/C16H14N2O2/c1-11-13-7-3-4-8-14(13)16(18-17-11)20-15-9-5-2-6-12(15)10-19/h2-9,19H,10H2,1H3. The van der Waals surface area contributed by atoms with Crippen LogP contribution in [0.2, 0.25) is 0 Å². The molecule has 0 spiro atoms. The van der Waals surface area contributed by atoms with Crippen molar-refractivity contribution in [3.63, 3.8) is 0 Å². The van der Waals surface area contributed by atoms with Gasteiger partial charge in [0, 0.05) is 16.3 Å². The summed E-state index contributed by atoms with van der Waals surface area (Å²) in [4.78, 5) is 0. The number of aryl methyl sites for hydroxylation is 1. The lowest BCUT2D eigenvalue weighted by atomic mass is 10.1. The maximum Gasteiger partial charge on any atom is 0.246 e. The van der Waals surface area contributed by atoms with E-state index in [2.05, 4.69) is 10.2 Å². The Morgan fingerprint density at radius 3 is 2.45 bits per heavy atom. The third-order valence-corrected chi connectivity index (χ3v) is 3.19. The van der Waals surface area contributed by atoms with Crippen LogP contribution in [0.3, 0.4) is 0 Å². The van der Waals surface area contributed by atoms with Gasteiger partial charge < -0.3 is 9.84 Å². The van der Waals surface area contributed by atoms with Crippen molar-refractivity contribution >= 4 is 10.8 Å². The number of para-hydroxylation sites is 1. The fourth-order valence-electron chi connectivity index (χ4n) is 2.13. The van der Waals surface area contributed by atoms with E-state index in [1.807, 2.05) is 55.5 Å². The van der Waals surface area contributed by atoms with Crippen LogP contribution in [0.4, 0.5) is 0 Å². The summed E-state index contributed by atoms with van der Waals surface area (Å²) in [5.74, 6) is 1.05. The zero-order valence-corrected chi connectivity index (χ0v) is 11.1. The first-order valence-electron chi connectivity index (χ1n) is 6.38. The first-order valence-corrected chi connectivity index (χ1v) is 6.38. The van der Waals surface area contributed by atoms with E-state index in [1.54, 1.807) is 0 Å². The number of nitrogens with zero attached hydrogens (tertiary/aromatic N) is 2. The van der Waals surface area contributed by atoms with Gasteiger partial charge in [0.15, 0.2) is 0 Å². The molecule has 100 valence electrons. The lowest BCUT2D eigenvalue weighted by Gasteiger charge is -2.10. The predicted molar refractivity (Wildman–Crippen MR) is 76.7 cm³/mol. The van der Waals surface area contributed by atoms with Crippen molar-refractivity contribution in [2.75, 3.05) is 0 Å². The molecule has 0 radical (unpaired) electrons. The maximum absolute atomic E-state index is 9.34. The molecule has 3 aromatic rings. The summed E-state index contributed by atoms with van der Waals surface area (Å²) >= 11 is 0. The van der Waals surface area contributed by atoms with Gasteiger partial charge in [0.2, 0.25) is 5.88 Å². The van der Waals surface area contributed by atoms with Gasteiger partial charge >= 0.3 is 0 Å². The van der Waals surface area contributed by atoms with Crippen LogP contribution in [0.1, 0.15) is 11.3 Å². The van der Waals surface area contributed by atoms with E-state index < -0.39 is 0 Å². The second kappa shape index (κ2) is 5.27. The Kier molecular flexibility index (Phi) is 3.31. The first-order chi connectivity index (χ1) is 9.79. The molecular weight excluding hydrogens is 252 g/mol.